The Kier molecular flexibility index (Phi) is 11.6. The third-order valence-corrected chi connectivity index (χ3v) is 7.36. The normalized spacial score (nSPS) is 18.6. The van der Waals surface area contributed by atoms with Crippen LogP contribution in [0.25, 0.3) is 0 Å². The Hall–Kier alpha value is -2.67. The highest BCUT2D eigenvalue weighted by Crippen LogP contribution is 2.37. The summed E-state index contributed by atoms with van der Waals surface area (Å²) in [6.07, 6.45) is 0.955. The van der Waals surface area contributed by atoms with Crippen LogP contribution in [0, 0.1) is 3.57 Å². The van der Waals surface area contributed by atoms with E-state index in [-0.39, 0.29) is 44.2 Å². The second kappa shape index (κ2) is 14.6. The van der Waals surface area contributed by atoms with Gasteiger partial charge in [0.15, 0.2) is 11.5 Å². The van der Waals surface area contributed by atoms with Gasteiger partial charge in [-0.2, -0.15) is 0 Å². The van der Waals surface area contributed by atoms with E-state index in [1.54, 1.807) is 23.1 Å². The number of halogens is 2. The molecule has 9 nitrogen and oxygen atoms in total. The van der Waals surface area contributed by atoms with Crippen molar-refractivity contribution >= 4 is 52.3 Å². The van der Waals surface area contributed by atoms with Crippen molar-refractivity contribution in [1.82, 2.24) is 10.2 Å². The number of methoxy groups -OCH3 is 1. The summed E-state index contributed by atoms with van der Waals surface area (Å²) in [5, 5.41) is 24.0. The van der Waals surface area contributed by atoms with E-state index in [0.717, 1.165) is 5.56 Å². The fourth-order valence-electron chi connectivity index (χ4n) is 4.37. The Bertz CT molecular complexity index is 1210. The number of rotatable bonds is 12. The van der Waals surface area contributed by atoms with Gasteiger partial charge in [-0.3, -0.25) is 14.4 Å². The Balaban J connectivity index is 2.03. The topological polar surface area (TPSA) is 125 Å². The molecular formula is C28H32ClIN2O7. The fraction of sp³-hybridized carbons (Fsp3) is 0.393. The van der Waals surface area contributed by atoms with Crippen LogP contribution in [0.4, 0.5) is 0 Å². The van der Waals surface area contributed by atoms with E-state index >= 15 is 0 Å². The number of amides is 2. The van der Waals surface area contributed by atoms with Crippen LogP contribution in [0.15, 0.2) is 48.0 Å². The smallest absolute Gasteiger partial charge is 0.247 e. The molecular weight excluding hydrogens is 639 g/mol. The highest BCUT2D eigenvalue weighted by atomic mass is 127. The molecule has 3 rings (SSSR count). The van der Waals surface area contributed by atoms with Crippen LogP contribution in [0.5, 0.6) is 11.5 Å². The summed E-state index contributed by atoms with van der Waals surface area (Å²) in [4.78, 5) is 39.2. The quantitative estimate of drug-likeness (QED) is 0.233. The van der Waals surface area contributed by atoms with Gasteiger partial charge in [0.25, 0.3) is 0 Å². The van der Waals surface area contributed by atoms with Gasteiger partial charge in [0.05, 0.1) is 23.3 Å². The van der Waals surface area contributed by atoms with Crippen molar-refractivity contribution in [3.8, 4) is 11.5 Å². The lowest BCUT2D eigenvalue weighted by atomic mass is 9.87. The molecule has 39 heavy (non-hydrogen) atoms. The molecule has 0 spiro atoms. The van der Waals surface area contributed by atoms with Crippen LogP contribution < -0.4 is 14.8 Å². The van der Waals surface area contributed by atoms with E-state index in [9.17, 15) is 24.6 Å². The highest BCUT2D eigenvalue weighted by Gasteiger charge is 2.40. The molecule has 2 aromatic rings. The van der Waals surface area contributed by atoms with Crippen LogP contribution >= 0.6 is 34.2 Å². The Labute approximate surface area is 246 Å². The van der Waals surface area contributed by atoms with Crippen LogP contribution in [-0.2, 0) is 16.1 Å². The van der Waals surface area contributed by atoms with Crippen molar-refractivity contribution in [2.45, 2.75) is 51.0 Å². The number of aliphatic hydroxyl groups is 2. The summed E-state index contributed by atoms with van der Waals surface area (Å²) in [6, 6.07) is 9.43. The van der Waals surface area contributed by atoms with Gasteiger partial charge < -0.3 is 29.9 Å². The number of hydrogen-bond donors (Lipinski definition) is 3. The number of nitrogens with one attached hydrogen (secondary N) is 1. The Morgan fingerprint density at radius 2 is 1.97 bits per heavy atom. The van der Waals surface area contributed by atoms with Crippen LogP contribution in [0.2, 0.25) is 5.02 Å². The molecule has 0 aromatic heterocycles. The Morgan fingerprint density at radius 3 is 2.59 bits per heavy atom. The minimum absolute atomic E-state index is 0.0526. The van der Waals surface area contributed by atoms with Crippen LogP contribution in [0.1, 0.15) is 42.1 Å². The van der Waals surface area contributed by atoms with Gasteiger partial charge >= 0.3 is 0 Å². The molecule has 0 radical (unpaired) electrons. The first-order valence-electron chi connectivity index (χ1n) is 12.5. The second-order valence-electron chi connectivity index (χ2n) is 9.07. The number of carbonyl (C=O) groups is 3. The fourth-order valence-corrected chi connectivity index (χ4v) is 5.25. The monoisotopic (exact) mass is 670 g/mol. The number of ether oxygens (including phenoxy) is 2. The van der Waals surface area contributed by atoms with Crippen molar-refractivity contribution in [2.24, 2.45) is 0 Å². The summed E-state index contributed by atoms with van der Waals surface area (Å²) in [5.41, 5.74) is 1.52. The van der Waals surface area contributed by atoms with Gasteiger partial charge in [-0.15, -0.1) is 0 Å². The number of nitrogens with zero attached hydrogens (tertiary/aromatic N) is 1. The summed E-state index contributed by atoms with van der Waals surface area (Å²) in [7, 11) is 1.44. The van der Waals surface area contributed by atoms with E-state index in [2.05, 4.69) is 5.32 Å². The molecule has 2 amide bonds. The number of benzene rings is 2. The SMILES string of the molecule is CCCC(=O)N(Cc1ccc(Cl)cc1)C1CC(C(=O)NCCO)=CC(Oc2c(I)cc(C=O)cc2OC)C1O. The van der Waals surface area contributed by atoms with Gasteiger partial charge in [-0.1, -0.05) is 30.7 Å². The predicted octanol–water partition coefficient (Wildman–Crippen LogP) is 3.51. The van der Waals surface area contributed by atoms with Crippen LogP contribution in [-0.4, -0.2) is 71.7 Å². The van der Waals surface area contributed by atoms with Crippen molar-refractivity contribution in [3.63, 3.8) is 0 Å². The maximum absolute atomic E-state index is 13.3. The maximum Gasteiger partial charge on any atom is 0.247 e. The zero-order valence-corrected chi connectivity index (χ0v) is 24.6. The third-order valence-electron chi connectivity index (χ3n) is 6.31. The minimum atomic E-state index is -1.20. The maximum atomic E-state index is 13.3. The average molecular weight is 671 g/mol. The van der Waals surface area contributed by atoms with Gasteiger partial charge in [0.1, 0.15) is 18.5 Å². The van der Waals surface area contributed by atoms with E-state index in [1.807, 2.05) is 41.6 Å². The molecule has 2 aromatic carbocycles. The number of hydrogen-bond acceptors (Lipinski definition) is 7. The van der Waals surface area contributed by atoms with Gasteiger partial charge in [-0.05, 0) is 64.9 Å². The molecule has 0 aliphatic heterocycles. The molecule has 0 saturated heterocycles. The Morgan fingerprint density at radius 1 is 1.26 bits per heavy atom. The van der Waals surface area contributed by atoms with Crippen molar-refractivity contribution in [3.05, 3.63) is 67.8 Å². The second-order valence-corrected chi connectivity index (χ2v) is 10.7. The predicted molar refractivity (Wildman–Crippen MR) is 155 cm³/mol. The molecule has 0 bridgehead atoms. The first kappa shape index (κ1) is 30.9. The van der Waals surface area contributed by atoms with Crippen molar-refractivity contribution in [1.29, 1.82) is 0 Å². The zero-order chi connectivity index (χ0) is 28.5. The first-order chi connectivity index (χ1) is 18.7. The molecule has 0 saturated carbocycles. The molecule has 3 unspecified atom stereocenters. The average Bonchev–Trinajstić information content (AvgIpc) is 2.93. The van der Waals surface area contributed by atoms with E-state index in [1.165, 1.54) is 19.3 Å². The molecule has 0 heterocycles. The highest BCUT2D eigenvalue weighted by molar-refractivity contribution is 14.1. The lowest BCUT2D eigenvalue weighted by Crippen LogP contribution is -2.54. The molecule has 3 N–H and O–H groups in total. The molecule has 0 fully saturated rings. The lowest BCUT2D eigenvalue weighted by molar-refractivity contribution is -0.139. The van der Waals surface area contributed by atoms with E-state index < -0.39 is 24.2 Å². The first-order valence-corrected chi connectivity index (χ1v) is 14.0. The number of aliphatic hydroxyl groups excluding tert-OH is 2. The zero-order valence-electron chi connectivity index (χ0n) is 21.7. The van der Waals surface area contributed by atoms with Crippen molar-refractivity contribution < 1.29 is 34.1 Å². The van der Waals surface area contributed by atoms with Crippen LogP contribution in [0.3, 0.4) is 0 Å². The molecule has 11 heteroatoms. The number of carbonyl (C=O) groups excluding carboxylic acids is 3. The van der Waals surface area contributed by atoms with E-state index in [4.69, 9.17) is 21.1 Å². The van der Waals surface area contributed by atoms with Gasteiger partial charge in [0, 0.05) is 42.1 Å². The summed E-state index contributed by atoms with van der Waals surface area (Å²) in [5.74, 6) is -0.0151. The van der Waals surface area contributed by atoms with Gasteiger partial charge in [-0.25, -0.2) is 0 Å². The van der Waals surface area contributed by atoms with Crippen molar-refractivity contribution in [2.75, 3.05) is 20.3 Å². The standard InChI is InChI=1S/C28H32ClIN2O7/c1-3-4-25(35)32(15-17-5-7-20(29)8-6-17)22-13-19(28(37)31-9-10-33)14-23(26(22)36)39-27-21(30)11-18(16-34)12-24(27)38-2/h5-8,11-12,14,16,22-23,26,33,36H,3-4,9-10,13,15H2,1-2H3,(H,31,37). The summed E-state index contributed by atoms with van der Waals surface area (Å²) in [6.45, 7) is 1.91. The molecule has 3 atom stereocenters. The summed E-state index contributed by atoms with van der Waals surface area (Å²) < 4.78 is 12.2. The number of aldehydes is 1. The largest absolute Gasteiger partial charge is 0.493 e. The van der Waals surface area contributed by atoms with Gasteiger partial charge in [0.2, 0.25) is 11.8 Å². The minimum Gasteiger partial charge on any atom is -0.493 e. The lowest BCUT2D eigenvalue weighted by Gasteiger charge is -2.40. The molecule has 1 aliphatic carbocycles. The van der Waals surface area contributed by atoms with E-state index in [0.29, 0.717) is 38.2 Å². The summed E-state index contributed by atoms with van der Waals surface area (Å²) >= 11 is 8.05. The third kappa shape index (κ3) is 7.93. The molecule has 1 aliphatic rings. The molecule has 210 valence electrons.